The number of hydrogen-bond acceptors (Lipinski definition) is 4. The molecule has 1 N–H and O–H groups in total. The average Bonchev–Trinajstić information content (AvgIpc) is 2.56. The fraction of sp³-hybridized carbons (Fsp3) is 0.312. The van der Waals surface area contributed by atoms with Gasteiger partial charge in [-0.1, -0.05) is 42.6 Å². The molecule has 1 aromatic carbocycles. The maximum Gasteiger partial charge on any atom is 0.275 e. The topological polar surface area (TPSA) is 58.1 Å². The molecule has 0 spiro atoms. The molecule has 122 valence electrons. The third-order valence-corrected chi connectivity index (χ3v) is 3.94. The summed E-state index contributed by atoms with van der Waals surface area (Å²) < 4.78 is 0. The highest BCUT2D eigenvalue weighted by molar-refractivity contribution is 6.39. The summed E-state index contributed by atoms with van der Waals surface area (Å²) in [5.74, 6) is 0.320. The number of para-hydroxylation sites is 1. The van der Waals surface area contributed by atoms with E-state index in [1.54, 1.807) is 24.4 Å². The van der Waals surface area contributed by atoms with E-state index in [0.29, 0.717) is 15.7 Å². The maximum absolute atomic E-state index is 12.2. The molecule has 0 radical (unpaired) electrons. The largest absolute Gasteiger partial charge is 0.358 e. The van der Waals surface area contributed by atoms with Crippen LogP contribution in [0, 0.1) is 0 Å². The number of halogens is 2. The summed E-state index contributed by atoms with van der Waals surface area (Å²) in [5.41, 5.74) is 0.570. The molecule has 0 aliphatic rings. The first-order valence-corrected chi connectivity index (χ1v) is 8.07. The lowest BCUT2D eigenvalue weighted by atomic mass is 10.3. The molecule has 5 nitrogen and oxygen atoms in total. The lowest BCUT2D eigenvalue weighted by Gasteiger charge is -2.17. The second kappa shape index (κ2) is 8.13. The minimum absolute atomic E-state index is 0.202. The zero-order valence-electron chi connectivity index (χ0n) is 13.0. The molecule has 0 fully saturated rings. The fourth-order valence-electron chi connectivity index (χ4n) is 1.94. The summed E-state index contributed by atoms with van der Waals surface area (Å²) in [4.78, 5) is 22.7. The third kappa shape index (κ3) is 4.56. The van der Waals surface area contributed by atoms with Crippen LogP contribution < -0.4 is 10.2 Å². The highest BCUT2D eigenvalue weighted by Gasteiger charge is 2.13. The normalized spacial score (nSPS) is 10.4. The second-order valence-corrected chi connectivity index (χ2v) is 5.90. The van der Waals surface area contributed by atoms with Crippen molar-refractivity contribution in [1.82, 2.24) is 9.97 Å². The van der Waals surface area contributed by atoms with E-state index < -0.39 is 5.91 Å². The van der Waals surface area contributed by atoms with Crippen LogP contribution in [-0.2, 0) is 0 Å². The van der Waals surface area contributed by atoms with Crippen LogP contribution >= 0.6 is 23.2 Å². The van der Waals surface area contributed by atoms with Crippen LogP contribution in [-0.4, -0.2) is 29.5 Å². The summed E-state index contributed by atoms with van der Waals surface area (Å²) in [6.07, 6.45) is 5.21. The van der Waals surface area contributed by atoms with E-state index in [1.807, 2.05) is 11.9 Å². The smallest absolute Gasteiger partial charge is 0.275 e. The highest BCUT2D eigenvalue weighted by Crippen LogP contribution is 2.30. The molecule has 0 aliphatic heterocycles. The Kier molecular flexibility index (Phi) is 6.19. The number of carbonyl (C=O) groups excluding carboxylic acids is 1. The lowest BCUT2D eigenvalue weighted by molar-refractivity contribution is 0.102. The van der Waals surface area contributed by atoms with Gasteiger partial charge >= 0.3 is 0 Å². The summed E-state index contributed by atoms with van der Waals surface area (Å²) in [7, 11) is 1.95. The summed E-state index contributed by atoms with van der Waals surface area (Å²) in [6, 6.07) is 5.02. The van der Waals surface area contributed by atoms with E-state index in [-0.39, 0.29) is 5.69 Å². The van der Waals surface area contributed by atoms with E-state index >= 15 is 0 Å². The van der Waals surface area contributed by atoms with Crippen molar-refractivity contribution in [3.63, 3.8) is 0 Å². The fourth-order valence-corrected chi connectivity index (χ4v) is 2.43. The Labute approximate surface area is 145 Å². The van der Waals surface area contributed by atoms with Crippen molar-refractivity contribution < 1.29 is 4.79 Å². The standard InChI is InChI=1S/C16H18Cl2N4O/c1-3-4-8-22(2)14-10-19-13(9-20-14)16(23)21-15-11(17)6-5-7-12(15)18/h5-7,9-10H,3-4,8H2,1-2H3,(H,21,23). The lowest BCUT2D eigenvalue weighted by Crippen LogP contribution is -2.21. The van der Waals surface area contributed by atoms with Gasteiger partial charge < -0.3 is 10.2 Å². The van der Waals surface area contributed by atoms with Gasteiger partial charge in [-0.05, 0) is 18.6 Å². The van der Waals surface area contributed by atoms with Crippen molar-refractivity contribution in [2.45, 2.75) is 19.8 Å². The van der Waals surface area contributed by atoms with Crippen LogP contribution in [0.25, 0.3) is 0 Å². The van der Waals surface area contributed by atoms with E-state index in [1.165, 1.54) is 6.20 Å². The number of carbonyl (C=O) groups is 1. The molecule has 0 saturated carbocycles. The summed E-state index contributed by atoms with van der Waals surface area (Å²) in [5, 5.41) is 3.40. The quantitative estimate of drug-likeness (QED) is 0.843. The van der Waals surface area contributed by atoms with Gasteiger partial charge in [0.1, 0.15) is 11.5 Å². The molecule has 23 heavy (non-hydrogen) atoms. The van der Waals surface area contributed by atoms with Gasteiger partial charge in [-0.25, -0.2) is 9.97 Å². The van der Waals surface area contributed by atoms with Crippen LogP contribution in [0.15, 0.2) is 30.6 Å². The zero-order chi connectivity index (χ0) is 16.8. The van der Waals surface area contributed by atoms with E-state index in [9.17, 15) is 4.79 Å². The molecule has 0 atom stereocenters. The Morgan fingerprint density at radius 2 is 1.91 bits per heavy atom. The summed E-state index contributed by atoms with van der Waals surface area (Å²) in [6.45, 7) is 3.03. The Bertz CT molecular complexity index is 656. The first kappa shape index (κ1) is 17.5. The minimum atomic E-state index is -0.407. The average molecular weight is 353 g/mol. The first-order chi connectivity index (χ1) is 11.0. The molecule has 0 saturated heterocycles. The molecule has 1 heterocycles. The van der Waals surface area contributed by atoms with E-state index in [0.717, 1.165) is 25.2 Å². The second-order valence-electron chi connectivity index (χ2n) is 5.09. The number of amides is 1. The van der Waals surface area contributed by atoms with Crippen molar-refractivity contribution in [1.29, 1.82) is 0 Å². The molecular weight excluding hydrogens is 335 g/mol. The number of benzene rings is 1. The van der Waals surface area contributed by atoms with Crippen LogP contribution in [0.3, 0.4) is 0 Å². The molecule has 1 aromatic heterocycles. The van der Waals surface area contributed by atoms with Crippen LogP contribution in [0.2, 0.25) is 10.0 Å². The minimum Gasteiger partial charge on any atom is -0.358 e. The van der Waals surface area contributed by atoms with Crippen LogP contribution in [0.4, 0.5) is 11.5 Å². The van der Waals surface area contributed by atoms with Gasteiger partial charge in [-0.15, -0.1) is 0 Å². The molecule has 7 heteroatoms. The molecule has 0 aliphatic carbocycles. The third-order valence-electron chi connectivity index (χ3n) is 3.31. The van der Waals surface area contributed by atoms with Gasteiger partial charge in [0.05, 0.1) is 28.1 Å². The van der Waals surface area contributed by atoms with Crippen molar-refractivity contribution in [2.75, 3.05) is 23.8 Å². The highest BCUT2D eigenvalue weighted by atomic mass is 35.5. The zero-order valence-corrected chi connectivity index (χ0v) is 14.5. The number of hydrogen-bond donors (Lipinski definition) is 1. The van der Waals surface area contributed by atoms with Crippen molar-refractivity contribution in [3.05, 3.63) is 46.3 Å². The van der Waals surface area contributed by atoms with Crippen LogP contribution in [0.1, 0.15) is 30.3 Å². The molecule has 2 aromatic rings. The Hall–Kier alpha value is -1.85. The molecule has 0 unspecified atom stereocenters. The molecule has 1 amide bonds. The number of nitrogens with one attached hydrogen (secondary N) is 1. The SMILES string of the molecule is CCCCN(C)c1cnc(C(=O)Nc2c(Cl)cccc2Cl)cn1. The van der Waals surface area contributed by atoms with Crippen LogP contribution in [0.5, 0.6) is 0 Å². The van der Waals surface area contributed by atoms with Crippen molar-refractivity contribution in [2.24, 2.45) is 0 Å². The summed E-state index contributed by atoms with van der Waals surface area (Å²) >= 11 is 12.1. The number of unbranched alkanes of at least 4 members (excludes halogenated alkanes) is 1. The Morgan fingerprint density at radius 1 is 1.22 bits per heavy atom. The van der Waals surface area contributed by atoms with Crippen molar-refractivity contribution >= 4 is 40.6 Å². The van der Waals surface area contributed by atoms with Gasteiger partial charge in [0.2, 0.25) is 0 Å². The number of nitrogens with zero attached hydrogens (tertiary/aromatic N) is 3. The number of anilines is 2. The Morgan fingerprint density at radius 3 is 2.48 bits per heavy atom. The number of aromatic nitrogens is 2. The van der Waals surface area contributed by atoms with E-state index in [4.69, 9.17) is 23.2 Å². The van der Waals surface area contributed by atoms with Gasteiger partial charge in [-0.3, -0.25) is 4.79 Å². The first-order valence-electron chi connectivity index (χ1n) is 7.31. The monoisotopic (exact) mass is 352 g/mol. The Balaban J connectivity index is 2.08. The van der Waals surface area contributed by atoms with Gasteiger partial charge in [0, 0.05) is 13.6 Å². The maximum atomic E-state index is 12.2. The molecule has 0 bridgehead atoms. The molecular formula is C16H18Cl2N4O. The van der Waals surface area contributed by atoms with Gasteiger partial charge in [0.15, 0.2) is 0 Å². The van der Waals surface area contributed by atoms with Gasteiger partial charge in [0.25, 0.3) is 5.91 Å². The van der Waals surface area contributed by atoms with Gasteiger partial charge in [-0.2, -0.15) is 0 Å². The van der Waals surface area contributed by atoms with E-state index in [2.05, 4.69) is 22.2 Å². The van der Waals surface area contributed by atoms with Crippen molar-refractivity contribution in [3.8, 4) is 0 Å². The molecule has 2 rings (SSSR count). The predicted molar refractivity (Wildman–Crippen MR) is 94.6 cm³/mol. The predicted octanol–water partition coefficient (Wildman–Crippen LogP) is 4.27. The number of rotatable bonds is 6.